The number of benzene rings is 1. The first kappa shape index (κ1) is 15.7. The standard InChI is InChI=1S/C18H17N3O3/c1-3-19-16(22)11(2)9-13-14-17(23)20-10-21-18(14)24-15(13)12-7-5-4-6-8-12/h4-10H,3H2,1-2H3,(H,19,22)(H,20,21,23)/b11-9+. The molecule has 6 nitrogen and oxygen atoms in total. The molecule has 0 saturated carbocycles. The van der Waals surface area contributed by atoms with E-state index in [1.165, 1.54) is 6.33 Å². The van der Waals surface area contributed by atoms with E-state index in [0.29, 0.717) is 28.8 Å². The van der Waals surface area contributed by atoms with Crippen molar-refractivity contribution in [3.63, 3.8) is 0 Å². The van der Waals surface area contributed by atoms with Gasteiger partial charge in [-0.3, -0.25) is 9.59 Å². The molecule has 3 rings (SSSR count). The van der Waals surface area contributed by atoms with Gasteiger partial charge in [0.2, 0.25) is 11.6 Å². The van der Waals surface area contributed by atoms with E-state index >= 15 is 0 Å². The van der Waals surface area contributed by atoms with Gasteiger partial charge in [0.05, 0.1) is 6.33 Å². The molecule has 6 heteroatoms. The summed E-state index contributed by atoms with van der Waals surface area (Å²) in [7, 11) is 0. The van der Waals surface area contributed by atoms with Crippen LogP contribution in [0, 0.1) is 0 Å². The fraction of sp³-hybridized carbons (Fsp3) is 0.167. The minimum atomic E-state index is -0.305. The smallest absolute Gasteiger partial charge is 0.262 e. The molecule has 1 aromatic carbocycles. The Bertz CT molecular complexity index is 968. The molecule has 0 saturated heterocycles. The average Bonchev–Trinajstić information content (AvgIpc) is 2.95. The number of aromatic amines is 1. The number of carbonyl (C=O) groups is 1. The molecule has 0 atom stereocenters. The Morgan fingerprint density at radius 3 is 2.79 bits per heavy atom. The van der Waals surface area contributed by atoms with Crippen LogP contribution in [0.2, 0.25) is 0 Å². The van der Waals surface area contributed by atoms with E-state index in [-0.39, 0.29) is 17.2 Å². The number of likely N-dealkylation sites (N-methyl/N-ethyl adjacent to an activating group) is 1. The van der Waals surface area contributed by atoms with Crippen LogP contribution in [-0.2, 0) is 4.79 Å². The van der Waals surface area contributed by atoms with Crippen LogP contribution in [0.25, 0.3) is 28.5 Å². The summed E-state index contributed by atoms with van der Waals surface area (Å²) in [5.41, 5.74) is 1.78. The Labute approximate surface area is 138 Å². The first-order valence-corrected chi connectivity index (χ1v) is 7.64. The Kier molecular flexibility index (Phi) is 4.29. The lowest BCUT2D eigenvalue weighted by Crippen LogP contribution is -2.23. The summed E-state index contributed by atoms with van der Waals surface area (Å²) in [6, 6.07) is 9.41. The first-order valence-electron chi connectivity index (χ1n) is 7.64. The van der Waals surface area contributed by atoms with Crippen molar-refractivity contribution in [2.45, 2.75) is 13.8 Å². The van der Waals surface area contributed by atoms with E-state index in [1.807, 2.05) is 37.3 Å². The van der Waals surface area contributed by atoms with Crippen molar-refractivity contribution in [1.82, 2.24) is 15.3 Å². The Balaban J connectivity index is 2.26. The second-order valence-corrected chi connectivity index (χ2v) is 5.31. The van der Waals surface area contributed by atoms with Gasteiger partial charge in [-0.2, -0.15) is 0 Å². The maximum atomic E-state index is 12.2. The van der Waals surface area contributed by atoms with Crippen molar-refractivity contribution in [2.24, 2.45) is 0 Å². The molecule has 0 aliphatic rings. The minimum Gasteiger partial charge on any atom is -0.437 e. The third kappa shape index (κ3) is 2.86. The van der Waals surface area contributed by atoms with Gasteiger partial charge < -0.3 is 14.7 Å². The van der Waals surface area contributed by atoms with E-state index in [4.69, 9.17) is 4.42 Å². The van der Waals surface area contributed by atoms with Crippen molar-refractivity contribution in [2.75, 3.05) is 6.54 Å². The molecule has 2 N–H and O–H groups in total. The lowest BCUT2D eigenvalue weighted by Gasteiger charge is -2.03. The molecule has 0 unspecified atom stereocenters. The molecule has 2 heterocycles. The highest BCUT2D eigenvalue weighted by atomic mass is 16.3. The van der Waals surface area contributed by atoms with Crippen molar-refractivity contribution >= 4 is 23.1 Å². The van der Waals surface area contributed by atoms with E-state index in [1.54, 1.807) is 13.0 Å². The van der Waals surface area contributed by atoms with E-state index in [0.717, 1.165) is 5.56 Å². The molecule has 3 aromatic rings. The molecule has 0 bridgehead atoms. The number of carbonyl (C=O) groups excluding carboxylic acids is 1. The van der Waals surface area contributed by atoms with Gasteiger partial charge in [0, 0.05) is 23.2 Å². The van der Waals surface area contributed by atoms with Crippen LogP contribution in [0.4, 0.5) is 0 Å². The number of rotatable bonds is 4. The summed E-state index contributed by atoms with van der Waals surface area (Å²) in [4.78, 5) is 30.9. The van der Waals surface area contributed by atoms with Crippen LogP contribution in [0.5, 0.6) is 0 Å². The number of hydrogen-bond donors (Lipinski definition) is 2. The van der Waals surface area contributed by atoms with Crippen LogP contribution in [0.1, 0.15) is 19.4 Å². The van der Waals surface area contributed by atoms with Gasteiger partial charge in [-0.25, -0.2) is 4.98 Å². The van der Waals surface area contributed by atoms with Crippen LogP contribution >= 0.6 is 0 Å². The minimum absolute atomic E-state index is 0.189. The maximum absolute atomic E-state index is 12.2. The molecule has 24 heavy (non-hydrogen) atoms. The monoisotopic (exact) mass is 323 g/mol. The molecule has 0 fully saturated rings. The predicted molar refractivity (Wildman–Crippen MR) is 92.4 cm³/mol. The van der Waals surface area contributed by atoms with Gasteiger partial charge in [-0.15, -0.1) is 0 Å². The third-order valence-corrected chi connectivity index (χ3v) is 3.62. The Hall–Kier alpha value is -3.15. The molecule has 0 spiro atoms. The topological polar surface area (TPSA) is 88.0 Å². The lowest BCUT2D eigenvalue weighted by atomic mass is 10.0. The van der Waals surface area contributed by atoms with Crippen LogP contribution < -0.4 is 10.9 Å². The number of hydrogen-bond acceptors (Lipinski definition) is 4. The van der Waals surface area contributed by atoms with Crippen molar-refractivity contribution in [1.29, 1.82) is 0 Å². The average molecular weight is 323 g/mol. The van der Waals surface area contributed by atoms with Crippen LogP contribution in [0.3, 0.4) is 0 Å². The summed E-state index contributed by atoms with van der Waals surface area (Å²) in [6.45, 7) is 4.08. The van der Waals surface area contributed by atoms with Crippen LogP contribution in [-0.4, -0.2) is 22.4 Å². The fourth-order valence-corrected chi connectivity index (χ4v) is 2.49. The zero-order chi connectivity index (χ0) is 17.1. The molecule has 122 valence electrons. The second kappa shape index (κ2) is 6.54. The fourth-order valence-electron chi connectivity index (χ4n) is 2.49. The molecule has 0 aliphatic carbocycles. The SMILES string of the molecule is CCNC(=O)/C(C)=C/c1c(-c2ccccc2)oc2nc[nH]c(=O)c12. The number of nitrogens with one attached hydrogen (secondary N) is 2. The number of H-pyrrole nitrogens is 1. The number of fused-ring (bicyclic) bond motifs is 1. The van der Waals surface area contributed by atoms with Crippen molar-refractivity contribution in [3.8, 4) is 11.3 Å². The quantitative estimate of drug-likeness (QED) is 0.723. The number of furan rings is 1. The molecular weight excluding hydrogens is 306 g/mol. The summed E-state index contributed by atoms with van der Waals surface area (Å²) in [5.74, 6) is 0.324. The van der Waals surface area contributed by atoms with Gasteiger partial charge in [-0.1, -0.05) is 30.3 Å². The normalized spacial score (nSPS) is 11.7. The van der Waals surface area contributed by atoms with Crippen molar-refractivity contribution in [3.05, 3.63) is 58.1 Å². The highest BCUT2D eigenvalue weighted by molar-refractivity contribution is 6.01. The summed E-state index contributed by atoms with van der Waals surface area (Å²) in [5, 5.41) is 3.07. The zero-order valence-electron chi connectivity index (χ0n) is 13.4. The zero-order valence-corrected chi connectivity index (χ0v) is 13.4. The van der Waals surface area contributed by atoms with E-state index < -0.39 is 0 Å². The summed E-state index contributed by atoms with van der Waals surface area (Å²) >= 11 is 0. The Morgan fingerprint density at radius 1 is 1.33 bits per heavy atom. The first-order chi connectivity index (χ1) is 11.6. The summed E-state index contributed by atoms with van der Waals surface area (Å²) in [6.07, 6.45) is 2.96. The van der Waals surface area contributed by atoms with Gasteiger partial charge in [0.15, 0.2) is 0 Å². The van der Waals surface area contributed by atoms with E-state index in [2.05, 4.69) is 15.3 Å². The van der Waals surface area contributed by atoms with Gasteiger partial charge >= 0.3 is 0 Å². The van der Waals surface area contributed by atoms with Crippen molar-refractivity contribution < 1.29 is 9.21 Å². The lowest BCUT2D eigenvalue weighted by molar-refractivity contribution is -0.117. The molecule has 1 amide bonds. The molecular formula is C18H17N3O3. The highest BCUT2D eigenvalue weighted by Gasteiger charge is 2.18. The van der Waals surface area contributed by atoms with E-state index in [9.17, 15) is 9.59 Å². The molecule has 0 aliphatic heterocycles. The number of aromatic nitrogens is 2. The highest BCUT2D eigenvalue weighted by Crippen LogP contribution is 2.32. The van der Waals surface area contributed by atoms with Gasteiger partial charge in [0.25, 0.3) is 5.56 Å². The van der Waals surface area contributed by atoms with Gasteiger partial charge in [-0.05, 0) is 19.9 Å². The number of amides is 1. The summed E-state index contributed by atoms with van der Waals surface area (Å²) < 4.78 is 5.80. The third-order valence-electron chi connectivity index (χ3n) is 3.62. The maximum Gasteiger partial charge on any atom is 0.262 e. The van der Waals surface area contributed by atoms with Gasteiger partial charge in [0.1, 0.15) is 11.1 Å². The molecule has 2 aromatic heterocycles. The predicted octanol–water partition coefficient (Wildman–Crippen LogP) is 2.72. The second-order valence-electron chi connectivity index (χ2n) is 5.31. The number of nitrogens with zero attached hydrogens (tertiary/aromatic N) is 1. The largest absolute Gasteiger partial charge is 0.437 e. The molecule has 0 radical (unpaired) electrons. The van der Waals surface area contributed by atoms with Crippen LogP contribution in [0.15, 0.2) is 51.4 Å². The Morgan fingerprint density at radius 2 is 2.08 bits per heavy atom.